The molecule has 4 rings (SSSR count). The van der Waals surface area contributed by atoms with Gasteiger partial charge in [-0.2, -0.15) is 0 Å². The number of nitrogens with zero attached hydrogens (tertiary/aromatic N) is 2. The third kappa shape index (κ3) is 4.50. The molecule has 148 valence electrons. The molecule has 0 spiro atoms. The molecule has 0 aliphatic heterocycles. The summed E-state index contributed by atoms with van der Waals surface area (Å²) in [5, 5.41) is 3.40. The van der Waals surface area contributed by atoms with Gasteiger partial charge in [0.15, 0.2) is 6.61 Å². The van der Waals surface area contributed by atoms with Crippen LogP contribution >= 0.6 is 0 Å². The summed E-state index contributed by atoms with van der Waals surface area (Å²) in [6.45, 7) is 0.0144. The summed E-state index contributed by atoms with van der Waals surface area (Å²) in [7, 11) is 0. The molecule has 0 fully saturated rings. The summed E-state index contributed by atoms with van der Waals surface area (Å²) >= 11 is 0. The van der Waals surface area contributed by atoms with Gasteiger partial charge in [-0.05, 0) is 29.8 Å². The van der Waals surface area contributed by atoms with Crippen molar-refractivity contribution < 1.29 is 14.3 Å². The fourth-order valence-corrected chi connectivity index (χ4v) is 3.05. The average Bonchev–Trinajstić information content (AvgIpc) is 2.81. The number of hydrogen-bond acceptors (Lipinski definition) is 5. The lowest BCUT2D eigenvalue weighted by Crippen LogP contribution is -2.28. The van der Waals surface area contributed by atoms with E-state index < -0.39 is 5.97 Å². The molecule has 4 aromatic rings. The fraction of sp³-hybridized carbons (Fsp3) is 0.0833. The first kappa shape index (κ1) is 19.3. The highest BCUT2D eigenvalue weighted by atomic mass is 16.5. The second-order valence-electron chi connectivity index (χ2n) is 6.63. The second kappa shape index (κ2) is 8.96. The van der Waals surface area contributed by atoms with Crippen LogP contribution in [0.25, 0.3) is 22.3 Å². The maximum atomic E-state index is 12.8. The van der Waals surface area contributed by atoms with E-state index in [0.717, 1.165) is 5.56 Å². The van der Waals surface area contributed by atoms with Crippen LogP contribution in [0.2, 0.25) is 0 Å². The Kier molecular flexibility index (Phi) is 5.75. The summed E-state index contributed by atoms with van der Waals surface area (Å²) < 4.78 is 5.28. The van der Waals surface area contributed by atoms with E-state index in [1.165, 1.54) is 0 Å². The van der Waals surface area contributed by atoms with Gasteiger partial charge >= 0.3 is 5.97 Å². The number of amides is 1. The van der Waals surface area contributed by atoms with Crippen LogP contribution in [0.4, 0.5) is 0 Å². The van der Waals surface area contributed by atoms with E-state index in [1.807, 2.05) is 66.7 Å². The van der Waals surface area contributed by atoms with E-state index in [-0.39, 0.29) is 12.5 Å². The van der Waals surface area contributed by atoms with Gasteiger partial charge in [-0.1, -0.05) is 54.6 Å². The molecule has 0 saturated carbocycles. The van der Waals surface area contributed by atoms with Gasteiger partial charge in [0.1, 0.15) is 0 Å². The monoisotopic (exact) mass is 397 g/mol. The topological polar surface area (TPSA) is 81.2 Å². The van der Waals surface area contributed by atoms with Gasteiger partial charge < -0.3 is 10.1 Å². The Morgan fingerprint density at radius 2 is 1.63 bits per heavy atom. The summed E-state index contributed by atoms with van der Waals surface area (Å²) in [5.41, 5.74) is 3.18. The number of carbonyl (C=O) groups is 2. The van der Waals surface area contributed by atoms with Gasteiger partial charge in [0, 0.05) is 18.1 Å². The zero-order chi connectivity index (χ0) is 20.8. The van der Waals surface area contributed by atoms with Crippen LogP contribution in [0.3, 0.4) is 0 Å². The molecule has 0 atom stereocenters. The molecule has 0 aliphatic carbocycles. The lowest BCUT2D eigenvalue weighted by Gasteiger charge is -2.10. The maximum absolute atomic E-state index is 12.8. The standard InChI is InChI=1S/C24H19N3O3/c28-23(26-15-17-8-2-1-3-9-17)16-30-24(29)19-14-22(21-12-6-7-13-25-21)27-20-11-5-4-10-18(19)20/h1-14H,15-16H2,(H,26,28). The van der Waals surface area contributed by atoms with Crippen molar-refractivity contribution in [3.8, 4) is 11.4 Å². The van der Waals surface area contributed by atoms with E-state index in [2.05, 4.69) is 15.3 Å². The predicted molar refractivity (Wildman–Crippen MR) is 114 cm³/mol. The molecule has 30 heavy (non-hydrogen) atoms. The highest BCUT2D eigenvalue weighted by Crippen LogP contribution is 2.24. The molecule has 6 nitrogen and oxygen atoms in total. The van der Waals surface area contributed by atoms with Crippen molar-refractivity contribution in [3.63, 3.8) is 0 Å². The third-order valence-electron chi connectivity index (χ3n) is 4.53. The molecule has 0 saturated heterocycles. The van der Waals surface area contributed by atoms with Gasteiger partial charge in [-0.15, -0.1) is 0 Å². The van der Waals surface area contributed by atoms with Gasteiger partial charge in [0.25, 0.3) is 5.91 Å². The summed E-state index contributed by atoms with van der Waals surface area (Å²) in [6.07, 6.45) is 1.67. The molecule has 6 heteroatoms. The van der Waals surface area contributed by atoms with Crippen LogP contribution < -0.4 is 5.32 Å². The zero-order valence-corrected chi connectivity index (χ0v) is 16.1. The van der Waals surface area contributed by atoms with Crippen molar-refractivity contribution in [1.29, 1.82) is 0 Å². The number of esters is 1. The normalized spacial score (nSPS) is 10.5. The van der Waals surface area contributed by atoms with E-state index in [1.54, 1.807) is 18.3 Å². The number of hydrogen-bond donors (Lipinski definition) is 1. The first-order valence-corrected chi connectivity index (χ1v) is 9.49. The Bertz CT molecular complexity index is 1180. The molecule has 0 aliphatic rings. The highest BCUT2D eigenvalue weighted by molar-refractivity contribution is 6.05. The lowest BCUT2D eigenvalue weighted by molar-refractivity contribution is -0.124. The predicted octanol–water partition coefficient (Wildman–Crippen LogP) is 3.77. The lowest BCUT2D eigenvalue weighted by atomic mass is 10.1. The van der Waals surface area contributed by atoms with E-state index >= 15 is 0 Å². The molecule has 1 N–H and O–H groups in total. The molecule has 1 amide bonds. The zero-order valence-electron chi connectivity index (χ0n) is 16.1. The minimum atomic E-state index is -0.583. The number of para-hydroxylation sites is 1. The quantitative estimate of drug-likeness (QED) is 0.501. The number of carbonyl (C=O) groups excluding carboxylic acids is 2. The van der Waals surface area contributed by atoms with Crippen LogP contribution in [0.15, 0.2) is 85.1 Å². The minimum Gasteiger partial charge on any atom is -0.452 e. The Morgan fingerprint density at radius 3 is 2.43 bits per heavy atom. The molecule has 0 bridgehead atoms. The van der Waals surface area contributed by atoms with E-state index in [0.29, 0.717) is 34.4 Å². The number of benzene rings is 2. The van der Waals surface area contributed by atoms with Crippen LogP contribution in [0.5, 0.6) is 0 Å². The fourth-order valence-electron chi connectivity index (χ4n) is 3.05. The van der Waals surface area contributed by atoms with Crippen molar-refractivity contribution in [3.05, 3.63) is 96.2 Å². The van der Waals surface area contributed by atoms with Crippen molar-refractivity contribution >= 4 is 22.8 Å². The Morgan fingerprint density at radius 1 is 0.867 bits per heavy atom. The number of rotatable bonds is 6. The number of aromatic nitrogens is 2. The number of ether oxygens (including phenoxy) is 1. The van der Waals surface area contributed by atoms with Gasteiger partial charge in [0.05, 0.1) is 22.5 Å². The largest absolute Gasteiger partial charge is 0.452 e. The van der Waals surface area contributed by atoms with Crippen molar-refractivity contribution in [1.82, 2.24) is 15.3 Å². The SMILES string of the molecule is O=C(COC(=O)c1cc(-c2ccccn2)nc2ccccc12)NCc1ccccc1. The Labute approximate surface area is 173 Å². The van der Waals surface area contributed by atoms with Crippen LogP contribution in [0, 0.1) is 0 Å². The Hall–Kier alpha value is -4.06. The van der Waals surface area contributed by atoms with Gasteiger partial charge in [-0.3, -0.25) is 9.78 Å². The first-order chi connectivity index (χ1) is 14.7. The highest BCUT2D eigenvalue weighted by Gasteiger charge is 2.16. The summed E-state index contributed by atoms with van der Waals surface area (Å²) in [6, 6.07) is 24.0. The number of nitrogens with one attached hydrogen (secondary N) is 1. The van der Waals surface area contributed by atoms with E-state index in [9.17, 15) is 9.59 Å². The number of pyridine rings is 2. The van der Waals surface area contributed by atoms with E-state index in [4.69, 9.17) is 4.74 Å². The Balaban J connectivity index is 1.50. The number of fused-ring (bicyclic) bond motifs is 1. The second-order valence-corrected chi connectivity index (χ2v) is 6.63. The molecule has 0 radical (unpaired) electrons. The molecule has 0 unspecified atom stereocenters. The third-order valence-corrected chi connectivity index (χ3v) is 4.53. The first-order valence-electron chi connectivity index (χ1n) is 9.49. The molecular weight excluding hydrogens is 378 g/mol. The average molecular weight is 397 g/mol. The van der Waals surface area contributed by atoms with Gasteiger partial charge in [0.2, 0.25) is 0 Å². The van der Waals surface area contributed by atoms with Crippen molar-refractivity contribution in [2.45, 2.75) is 6.54 Å². The summed E-state index contributed by atoms with van der Waals surface area (Å²) in [5.74, 6) is -0.948. The summed E-state index contributed by atoms with van der Waals surface area (Å²) in [4.78, 5) is 33.8. The van der Waals surface area contributed by atoms with Crippen LogP contribution in [-0.2, 0) is 16.1 Å². The van der Waals surface area contributed by atoms with Crippen LogP contribution in [0.1, 0.15) is 15.9 Å². The molecule has 2 heterocycles. The molecular formula is C24H19N3O3. The molecule has 2 aromatic heterocycles. The van der Waals surface area contributed by atoms with Gasteiger partial charge in [-0.25, -0.2) is 9.78 Å². The van der Waals surface area contributed by atoms with Crippen LogP contribution in [-0.4, -0.2) is 28.5 Å². The van der Waals surface area contributed by atoms with Crippen molar-refractivity contribution in [2.24, 2.45) is 0 Å². The minimum absolute atomic E-state index is 0.345. The maximum Gasteiger partial charge on any atom is 0.339 e. The molecule has 2 aromatic carbocycles. The smallest absolute Gasteiger partial charge is 0.339 e. The van der Waals surface area contributed by atoms with Crippen molar-refractivity contribution in [2.75, 3.05) is 6.61 Å².